The Labute approximate surface area is 138 Å². The smallest absolute Gasteiger partial charge is 0.162 e. The third kappa shape index (κ3) is 6.62. The van der Waals surface area contributed by atoms with E-state index in [1.165, 1.54) is 0 Å². The van der Waals surface area contributed by atoms with E-state index in [2.05, 4.69) is 15.6 Å². The largest absolute Gasteiger partial charge is 0.359 e. The van der Waals surface area contributed by atoms with E-state index < -0.39 is 0 Å². The van der Waals surface area contributed by atoms with Crippen molar-refractivity contribution in [1.82, 2.24) is 10.2 Å². The second-order valence-corrected chi connectivity index (χ2v) is 3.94. The normalized spacial score (nSPS) is 12.6. The van der Waals surface area contributed by atoms with Gasteiger partial charge in [0.05, 0.1) is 0 Å². The summed E-state index contributed by atoms with van der Waals surface area (Å²) in [5.41, 5.74) is 2.45. The van der Waals surface area contributed by atoms with Gasteiger partial charge in [-0.15, -0.1) is 35.0 Å². The molecule has 0 fully saturated rings. The van der Waals surface area contributed by atoms with Crippen LogP contribution in [0.1, 0.15) is 27.7 Å². The Hall–Kier alpha value is -0.860. The minimum Gasteiger partial charge on any atom is -0.359 e. The van der Waals surface area contributed by atoms with Gasteiger partial charge >= 0.3 is 0 Å². The third-order valence-electron chi connectivity index (χ3n) is 2.66. The van der Waals surface area contributed by atoms with E-state index in [4.69, 9.17) is 15.3 Å². The number of anilines is 2. The zero-order valence-electron chi connectivity index (χ0n) is 12.8. The van der Waals surface area contributed by atoms with Crippen LogP contribution in [0.3, 0.4) is 0 Å². The molecule has 1 aromatic rings. The number of nitrogens with zero attached hydrogens (tertiary/aromatic N) is 3. The van der Waals surface area contributed by atoms with Gasteiger partial charge in [0.1, 0.15) is 12.5 Å². The summed E-state index contributed by atoms with van der Waals surface area (Å²) < 4.78 is 11.2. The number of aromatic nitrogens is 2. The molecule has 0 spiro atoms. The van der Waals surface area contributed by atoms with Gasteiger partial charge in [0.25, 0.3) is 0 Å². The van der Waals surface area contributed by atoms with Crippen LogP contribution in [0.25, 0.3) is 0 Å². The molecule has 21 heavy (non-hydrogen) atoms. The lowest BCUT2D eigenvalue weighted by molar-refractivity contribution is 0.00743. The summed E-state index contributed by atoms with van der Waals surface area (Å²) in [6, 6.07) is 3.58. The Balaban J connectivity index is 0. The van der Waals surface area contributed by atoms with Crippen LogP contribution in [0.2, 0.25) is 0 Å². The number of hydrogen-bond donors (Lipinski definition) is 2. The number of halogens is 2. The molecule has 9 heteroatoms. The zero-order chi connectivity index (χ0) is 14.3. The summed E-state index contributed by atoms with van der Waals surface area (Å²) in [6.07, 6.45) is -0.310. The summed E-state index contributed by atoms with van der Waals surface area (Å²) >= 11 is 0. The number of hydrazine groups is 1. The predicted octanol–water partition coefficient (Wildman–Crippen LogP) is 2.18. The molecule has 2 atom stereocenters. The highest BCUT2D eigenvalue weighted by Gasteiger charge is 2.22. The lowest BCUT2D eigenvalue weighted by Gasteiger charge is -2.34. The van der Waals surface area contributed by atoms with Crippen LogP contribution < -0.4 is 16.2 Å². The van der Waals surface area contributed by atoms with E-state index in [9.17, 15) is 0 Å². The summed E-state index contributed by atoms with van der Waals surface area (Å²) in [6.45, 7) is 9.05. The number of rotatable bonds is 8. The predicted molar refractivity (Wildman–Crippen MR) is 89.0 cm³/mol. The number of nitrogen functional groups attached to an aromatic ring is 1. The molecule has 0 amide bonds. The van der Waals surface area contributed by atoms with Crippen molar-refractivity contribution in [2.45, 2.75) is 40.2 Å². The Kier molecular flexibility index (Phi) is 12.6. The van der Waals surface area contributed by atoms with Gasteiger partial charge in [-0.3, -0.25) is 0 Å². The molecule has 0 saturated carbocycles. The summed E-state index contributed by atoms with van der Waals surface area (Å²) in [4.78, 5) is 1.93. The Morgan fingerprint density at radius 1 is 1.10 bits per heavy atom. The molecule has 3 N–H and O–H groups in total. The van der Waals surface area contributed by atoms with Gasteiger partial charge in [-0.25, -0.2) is 5.84 Å². The fraction of sp³-hybridized carbons (Fsp3) is 0.667. The van der Waals surface area contributed by atoms with Gasteiger partial charge in [0.2, 0.25) is 0 Å². The van der Waals surface area contributed by atoms with Crippen LogP contribution >= 0.6 is 24.8 Å². The van der Waals surface area contributed by atoms with Gasteiger partial charge in [0, 0.05) is 13.2 Å². The highest BCUT2D eigenvalue weighted by atomic mass is 35.5. The maximum Gasteiger partial charge on any atom is 0.162 e. The molecule has 0 aliphatic carbocycles. The van der Waals surface area contributed by atoms with Crippen molar-refractivity contribution < 1.29 is 9.47 Å². The first kappa shape index (κ1) is 22.4. The summed E-state index contributed by atoms with van der Waals surface area (Å²) in [5, 5.41) is 8.09. The number of nitrogens with two attached hydrogens (primary N) is 1. The highest BCUT2D eigenvalue weighted by Crippen LogP contribution is 2.19. The van der Waals surface area contributed by atoms with E-state index in [0.29, 0.717) is 24.8 Å². The van der Waals surface area contributed by atoms with Crippen molar-refractivity contribution in [2.75, 3.05) is 23.5 Å². The van der Waals surface area contributed by atoms with E-state index in [-0.39, 0.29) is 37.3 Å². The Morgan fingerprint density at radius 2 is 1.62 bits per heavy atom. The average Bonchev–Trinajstić information content (AvgIpc) is 2.40. The molecule has 0 aliphatic heterocycles. The van der Waals surface area contributed by atoms with Crippen LogP contribution in [-0.4, -0.2) is 35.9 Å². The maximum atomic E-state index is 5.62. The van der Waals surface area contributed by atoms with Gasteiger partial charge in [-0.2, -0.15) is 0 Å². The van der Waals surface area contributed by atoms with Crippen molar-refractivity contribution >= 4 is 36.4 Å². The van der Waals surface area contributed by atoms with Crippen molar-refractivity contribution in [1.29, 1.82) is 0 Å². The van der Waals surface area contributed by atoms with E-state index in [1.54, 1.807) is 6.07 Å². The van der Waals surface area contributed by atoms with Gasteiger partial charge in [-0.05, 0) is 39.8 Å². The van der Waals surface area contributed by atoms with Gasteiger partial charge in [-0.1, -0.05) is 0 Å². The molecule has 0 saturated heterocycles. The minimum absolute atomic E-state index is 0. The topological polar surface area (TPSA) is 85.5 Å². The fourth-order valence-corrected chi connectivity index (χ4v) is 1.85. The molecule has 0 aliphatic rings. The summed E-state index contributed by atoms with van der Waals surface area (Å²) in [5.74, 6) is 6.47. The van der Waals surface area contributed by atoms with Crippen molar-refractivity contribution in [2.24, 2.45) is 5.84 Å². The molecule has 1 heterocycles. The maximum absolute atomic E-state index is 5.62. The van der Waals surface area contributed by atoms with E-state index in [0.717, 1.165) is 0 Å². The fourth-order valence-electron chi connectivity index (χ4n) is 1.85. The van der Waals surface area contributed by atoms with Crippen LogP contribution in [-0.2, 0) is 9.47 Å². The van der Waals surface area contributed by atoms with Gasteiger partial charge < -0.3 is 19.8 Å². The molecule has 0 radical (unpaired) electrons. The molecular formula is C12H25Cl2N5O2. The lowest BCUT2D eigenvalue weighted by atomic mass is 10.4. The van der Waals surface area contributed by atoms with Crippen molar-refractivity contribution in [3.8, 4) is 0 Å². The standard InChI is InChI=1S/C12H23N5O2.2ClH/c1-5-18-9(3)17(10(4)19-6-2)12-8-7-11(14-13)15-16-12;;/h7-10H,5-6,13H2,1-4H3,(H,14,15);2*1H. The lowest BCUT2D eigenvalue weighted by Crippen LogP contribution is -2.44. The first-order valence-electron chi connectivity index (χ1n) is 6.45. The second-order valence-electron chi connectivity index (χ2n) is 3.94. The highest BCUT2D eigenvalue weighted by molar-refractivity contribution is 5.85. The molecule has 1 rings (SSSR count). The number of nitrogens with one attached hydrogen (secondary N) is 1. The van der Waals surface area contributed by atoms with Crippen LogP contribution in [0.4, 0.5) is 11.6 Å². The first-order valence-corrected chi connectivity index (χ1v) is 6.45. The Bertz CT molecular complexity index is 357. The zero-order valence-corrected chi connectivity index (χ0v) is 14.4. The molecule has 7 nitrogen and oxygen atoms in total. The van der Waals surface area contributed by atoms with Gasteiger partial charge in [0.15, 0.2) is 11.6 Å². The number of ether oxygens (including phenoxy) is 2. The molecule has 2 unspecified atom stereocenters. The monoisotopic (exact) mass is 341 g/mol. The SMILES string of the molecule is CCOC(C)N(c1ccc(NN)nn1)C(C)OCC.Cl.Cl. The van der Waals surface area contributed by atoms with Crippen molar-refractivity contribution in [3.05, 3.63) is 12.1 Å². The molecule has 0 aromatic carbocycles. The third-order valence-corrected chi connectivity index (χ3v) is 2.66. The van der Waals surface area contributed by atoms with E-state index >= 15 is 0 Å². The molecular weight excluding hydrogens is 317 g/mol. The first-order chi connectivity index (χ1) is 9.13. The molecule has 124 valence electrons. The second kappa shape index (κ2) is 11.8. The van der Waals surface area contributed by atoms with E-state index in [1.807, 2.05) is 38.7 Å². The Morgan fingerprint density at radius 3 is 1.95 bits per heavy atom. The molecule has 1 aromatic heterocycles. The van der Waals surface area contributed by atoms with Crippen LogP contribution in [0.5, 0.6) is 0 Å². The van der Waals surface area contributed by atoms with Crippen LogP contribution in [0, 0.1) is 0 Å². The van der Waals surface area contributed by atoms with Crippen molar-refractivity contribution in [3.63, 3.8) is 0 Å². The quantitative estimate of drug-likeness (QED) is 0.425. The van der Waals surface area contributed by atoms with Crippen LogP contribution in [0.15, 0.2) is 12.1 Å². The summed E-state index contributed by atoms with van der Waals surface area (Å²) in [7, 11) is 0. The average molecular weight is 342 g/mol. The molecule has 0 bridgehead atoms. The minimum atomic E-state index is -0.155. The number of hydrogen-bond acceptors (Lipinski definition) is 7.